The van der Waals surface area contributed by atoms with E-state index in [2.05, 4.69) is 15.8 Å². The molecule has 1 heterocycles. The molecule has 118 valence electrons. The van der Waals surface area contributed by atoms with Crippen LogP contribution < -0.4 is 10.7 Å². The molecule has 9 heteroatoms. The second-order valence-electron chi connectivity index (χ2n) is 4.43. The summed E-state index contributed by atoms with van der Waals surface area (Å²) in [5, 5.41) is 18.4. The smallest absolute Gasteiger partial charge is 0.318 e. The highest BCUT2D eigenvalue weighted by Gasteiger charge is 2.13. The number of non-ortho nitro benzene ring substituents is 1. The molecule has 0 atom stereocenters. The fourth-order valence-corrected chi connectivity index (χ4v) is 2.36. The van der Waals surface area contributed by atoms with E-state index in [-0.39, 0.29) is 11.4 Å². The molecule has 0 aliphatic heterocycles. The van der Waals surface area contributed by atoms with Gasteiger partial charge in [-0.05, 0) is 36.1 Å². The molecule has 1 aromatic heterocycles. The average Bonchev–Trinajstić information content (AvgIpc) is 2.93. The van der Waals surface area contributed by atoms with Crippen molar-refractivity contribution in [3.8, 4) is 0 Å². The van der Waals surface area contributed by atoms with Gasteiger partial charge in [-0.15, -0.1) is 11.3 Å². The molecule has 23 heavy (non-hydrogen) atoms. The molecular weight excluding hydrogens is 320 g/mol. The predicted molar refractivity (Wildman–Crippen MR) is 86.5 cm³/mol. The molecule has 0 unspecified atom stereocenters. The Labute approximate surface area is 135 Å². The van der Waals surface area contributed by atoms with Gasteiger partial charge in [-0.25, -0.2) is 5.43 Å². The summed E-state index contributed by atoms with van der Waals surface area (Å²) in [5.41, 5.74) is 3.30. The molecule has 0 aliphatic rings. The van der Waals surface area contributed by atoms with Crippen molar-refractivity contribution < 1.29 is 14.5 Å². The number of anilines is 1. The first-order valence-electron chi connectivity index (χ1n) is 6.40. The van der Waals surface area contributed by atoms with Gasteiger partial charge in [0.25, 0.3) is 5.69 Å². The summed E-state index contributed by atoms with van der Waals surface area (Å²) in [6.07, 6.45) is 1.46. The standard InChI is InChI=1S/C14H12N4O4S/c1-9-6-7-23-12(9)8-15-17-14(20)13(19)16-10-2-4-11(5-3-10)18(21)22/h2-8H,1H3,(H,16,19)(H,17,20)/b15-8-. The zero-order valence-electron chi connectivity index (χ0n) is 12.0. The number of carbonyl (C=O) groups is 2. The molecule has 0 aliphatic carbocycles. The quantitative estimate of drug-likeness (QED) is 0.386. The van der Waals surface area contributed by atoms with Crippen molar-refractivity contribution in [2.45, 2.75) is 6.92 Å². The number of thiophene rings is 1. The van der Waals surface area contributed by atoms with Crippen LogP contribution in [0.25, 0.3) is 0 Å². The Morgan fingerprint density at radius 1 is 1.22 bits per heavy atom. The van der Waals surface area contributed by atoms with Gasteiger partial charge in [-0.1, -0.05) is 0 Å². The summed E-state index contributed by atoms with van der Waals surface area (Å²) >= 11 is 1.46. The van der Waals surface area contributed by atoms with Crippen LogP contribution in [-0.2, 0) is 9.59 Å². The van der Waals surface area contributed by atoms with Crippen molar-refractivity contribution in [1.29, 1.82) is 0 Å². The largest absolute Gasteiger partial charge is 0.329 e. The van der Waals surface area contributed by atoms with E-state index in [0.717, 1.165) is 10.4 Å². The number of carbonyl (C=O) groups excluding carboxylic acids is 2. The van der Waals surface area contributed by atoms with E-state index in [1.165, 1.54) is 41.8 Å². The molecule has 0 saturated heterocycles. The van der Waals surface area contributed by atoms with Gasteiger partial charge in [0, 0.05) is 22.7 Å². The van der Waals surface area contributed by atoms with E-state index in [4.69, 9.17) is 0 Å². The Morgan fingerprint density at radius 2 is 1.91 bits per heavy atom. The third-order valence-corrected chi connectivity index (χ3v) is 3.75. The lowest BCUT2D eigenvalue weighted by molar-refractivity contribution is -0.384. The zero-order valence-corrected chi connectivity index (χ0v) is 12.8. The maximum absolute atomic E-state index is 11.7. The molecule has 0 saturated carbocycles. The highest BCUT2D eigenvalue weighted by molar-refractivity contribution is 7.11. The number of benzene rings is 1. The first kappa shape index (κ1) is 16.3. The SMILES string of the molecule is Cc1ccsc1/C=N\NC(=O)C(=O)Nc1ccc([N+](=O)[O-])cc1. The van der Waals surface area contributed by atoms with E-state index in [9.17, 15) is 19.7 Å². The lowest BCUT2D eigenvalue weighted by Gasteiger charge is -2.03. The van der Waals surface area contributed by atoms with Crippen LogP contribution in [0.3, 0.4) is 0 Å². The topological polar surface area (TPSA) is 114 Å². The monoisotopic (exact) mass is 332 g/mol. The highest BCUT2D eigenvalue weighted by Crippen LogP contribution is 2.15. The minimum absolute atomic E-state index is 0.108. The molecule has 8 nitrogen and oxygen atoms in total. The van der Waals surface area contributed by atoms with Gasteiger partial charge >= 0.3 is 11.8 Å². The van der Waals surface area contributed by atoms with Crippen LogP contribution in [0.4, 0.5) is 11.4 Å². The number of rotatable bonds is 4. The number of nitrogens with one attached hydrogen (secondary N) is 2. The van der Waals surface area contributed by atoms with Crippen LogP contribution >= 0.6 is 11.3 Å². The molecular formula is C14H12N4O4S. The predicted octanol–water partition coefficient (Wildman–Crippen LogP) is 2.05. The number of nitro groups is 1. The Morgan fingerprint density at radius 3 is 2.48 bits per heavy atom. The van der Waals surface area contributed by atoms with Crippen molar-refractivity contribution >= 4 is 40.7 Å². The molecule has 2 amide bonds. The molecule has 0 bridgehead atoms. The third-order valence-electron chi connectivity index (χ3n) is 2.79. The molecule has 0 spiro atoms. The van der Waals surface area contributed by atoms with E-state index in [0.29, 0.717) is 0 Å². The van der Waals surface area contributed by atoms with Crippen LogP contribution in [0, 0.1) is 17.0 Å². The zero-order chi connectivity index (χ0) is 16.8. The maximum atomic E-state index is 11.7. The van der Waals surface area contributed by atoms with Crippen molar-refractivity contribution in [2.75, 3.05) is 5.32 Å². The first-order chi connectivity index (χ1) is 11.0. The number of aryl methyl sites for hydroxylation is 1. The number of nitro benzene ring substituents is 1. The number of amides is 2. The summed E-state index contributed by atoms with van der Waals surface area (Å²) in [6.45, 7) is 1.90. The lowest BCUT2D eigenvalue weighted by Crippen LogP contribution is -2.32. The van der Waals surface area contributed by atoms with Crippen molar-refractivity contribution in [3.63, 3.8) is 0 Å². The van der Waals surface area contributed by atoms with Gasteiger partial charge < -0.3 is 5.32 Å². The Bertz CT molecular complexity index is 767. The maximum Gasteiger partial charge on any atom is 0.329 e. The van der Waals surface area contributed by atoms with E-state index in [1.54, 1.807) is 0 Å². The molecule has 1 aromatic carbocycles. The van der Waals surface area contributed by atoms with Gasteiger partial charge in [-0.2, -0.15) is 5.10 Å². The highest BCUT2D eigenvalue weighted by atomic mass is 32.1. The fraction of sp³-hybridized carbons (Fsp3) is 0.0714. The van der Waals surface area contributed by atoms with Gasteiger partial charge in [0.2, 0.25) is 0 Å². The minimum atomic E-state index is -0.936. The fourth-order valence-electron chi connectivity index (χ4n) is 1.57. The van der Waals surface area contributed by atoms with Gasteiger partial charge in [0.1, 0.15) is 0 Å². The van der Waals surface area contributed by atoms with E-state index in [1.807, 2.05) is 18.4 Å². The van der Waals surface area contributed by atoms with Crippen LogP contribution in [-0.4, -0.2) is 23.0 Å². The van der Waals surface area contributed by atoms with Crippen LogP contribution in [0.2, 0.25) is 0 Å². The number of nitrogens with zero attached hydrogens (tertiary/aromatic N) is 2. The van der Waals surface area contributed by atoms with Crippen LogP contribution in [0.5, 0.6) is 0 Å². The van der Waals surface area contributed by atoms with Crippen molar-refractivity contribution in [2.24, 2.45) is 5.10 Å². The minimum Gasteiger partial charge on any atom is -0.318 e. The number of hydrogen-bond acceptors (Lipinski definition) is 6. The number of hydrogen-bond donors (Lipinski definition) is 2. The second-order valence-corrected chi connectivity index (χ2v) is 5.37. The van der Waals surface area contributed by atoms with Gasteiger partial charge in [0.05, 0.1) is 11.1 Å². The first-order valence-corrected chi connectivity index (χ1v) is 7.28. The average molecular weight is 332 g/mol. The summed E-state index contributed by atoms with van der Waals surface area (Å²) in [7, 11) is 0. The molecule has 0 fully saturated rings. The summed E-state index contributed by atoms with van der Waals surface area (Å²) < 4.78 is 0. The van der Waals surface area contributed by atoms with Crippen LogP contribution in [0.1, 0.15) is 10.4 Å². The normalized spacial score (nSPS) is 10.5. The Balaban J connectivity index is 1.90. The molecule has 2 N–H and O–H groups in total. The van der Waals surface area contributed by atoms with Gasteiger partial charge in [0.15, 0.2) is 0 Å². The summed E-state index contributed by atoms with van der Waals surface area (Å²) in [5.74, 6) is -1.85. The third kappa shape index (κ3) is 4.45. The van der Waals surface area contributed by atoms with Gasteiger partial charge in [-0.3, -0.25) is 19.7 Å². The summed E-state index contributed by atoms with van der Waals surface area (Å²) in [6, 6.07) is 7.04. The Hall–Kier alpha value is -3.07. The van der Waals surface area contributed by atoms with E-state index < -0.39 is 16.7 Å². The Kier molecular flexibility index (Phi) is 5.15. The molecule has 2 aromatic rings. The van der Waals surface area contributed by atoms with Crippen molar-refractivity contribution in [3.05, 3.63) is 56.3 Å². The van der Waals surface area contributed by atoms with E-state index >= 15 is 0 Å². The number of hydrazone groups is 1. The summed E-state index contributed by atoms with van der Waals surface area (Å²) in [4.78, 5) is 34.1. The van der Waals surface area contributed by atoms with Crippen LogP contribution in [0.15, 0.2) is 40.8 Å². The second kappa shape index (κ2) is 7.27. The molecule has 0 radical (unpaired) electrons. The van der Waals surface area contributed by atoms with Crippen molar-refractivity contribution in [1.82, 2.24) is 5.43 Å². The molecule has 2 rings (SSSR count). The lowest BCUT2D eigenvalue weighted by atomic mass is 10.3.